The van der Waals surface area contributed by atoms with Gasteiger partial charge in [-0.2, -0.15) is 0 Å². The van der Waals surface area contributed by atoms with E-state index in [1.807, 2.05) is 91.9 Å². The fourth-order valence-corrected chi connectivity index (χ4v) is 6.96. The fourth-order valence-electron chi connectivity index (χ4n) is 5.91. The molecule has 7 nitrogen and oxygen atoms in total. The van der Waals surface area contributed by atoms with E-state index in [-0.39, 0.29) is 11.5 Å². The molecule has 1 aromatic heterocycles. The molecule has 0 aliphatic carbocycles. The van der Waals surface area contributed by atoms with Crippen LogP contribution in [0.25, 0.3) is 6.08 Å². The van der Waals surface area contributed by atoms with Crippen LogP contribution >= 0.6 is 11.3 Å². The number of carbonyl (C=O) groups excluding carboxylic acids is 1. The van der Waals surface area contributed by atoms with Gasteiger partial charge in [-0.3, -0.25) is 14.2 Å². The quantitative estimate of drug-likeness (QED) is 0.216. The van der Waals surface area contributed by atoms with E-state index in [1.54, 1.807) is 11.7 Å². The van der Waals surface area contributed by atoms with Crippen LogP contribution in [0.4, 0.5) is 5.69 Å². The van der Waals surface area contributed by atoms with Gasteiger partial charge in [0.1, 0.15) is 6.61 Å². The highest BCUT2D eigenvalue weighted by atomic mass is 32.1. The number of allylic oxidation sites excluding steroid dienone is 1. The maximum absolute atomic E-state index is 14.1. The lowest BCUT2D eigenvalue weighted by Gasteiger charge is -2.25. The van der Waals surface area contributed by atoms with Crippen LogP contribution in [0, 0.1) is 20.8 Å². The van der Waals surface area contributed by atoms with E-state index in [0.717, 1.165) is 16.7 Å². The van der Waals surface area contributed by atoms with Crippen molar-refractivity contribution in [2.75, 3.05) is 12.4 Å². The van der Waals surface area contributed by atoms with Gasteiger partial charge < -0.3 is 14.8 Å². The maximum atomic E-state index is 14.1. The van der Waals surface area contributed by atoms with Crippen LogP contribution in [0.5, 0.6) is 11.5 Å². The molecule has 8 heteroatoms. The number of aryl methyl sites for hydroxylation is 3. The summed E-state index contributed by atoms with van der Waals surface area (Å²) in [4.78, 5) is 33.1. The first-order valence-corrected chi connectivity index (χ1v) is 15.9. The molecule has 0 unspecified atom stereocenters. The van der Waals surface area contributed by atoms with Gasteiger partial charge in [-0.1, -0.05) is 83.6 Å². The van der Waals surface area contributed by atoms with E-state index in [0.29, 0.717) is 44.4 Å². The highest BCUT2D eigenvalue weighted by molar-refractivity contribution is 7.07. The predicted octanol–water partition coefficient (Wildman–Crippen LogP) is 6.39. The summed E-state index contributed by atoms with van der Waals surface area (Å²) in [6, 6.07) is 28.2. The molecule has 5 aromatic rings. The number of rotatable bonds is 8. The molecule has 0 radical (unpaired) electrons. The Morgan fingerprint density at radius 2 is 1.59 bits per heavy atom. The van der Waals surface area contributed by atoms with Crippen molar-refractivity contribution in [1.29, 1.82) is 0 Å². The molecular formula is C38H35N3O4S. The second-order valence-electron chi connectivity index (χ2n) is 11.4. The van der Waals surface area contributed by atoms with E-state index in [1.165, 1.54) is 28.0 Å². The number of carbonyl (C=O) groups is 1. The van der Waals surface area contributed by atoms with E-state index >= 15 is 0 Å². The summed E-state index contributed by atoms with van der Waals surface area (Å²) < 4.78 is 14.0. The summed E-state index contributed by atoms with van der Waals surface area (Å²) in [5, 5.41) is 2.98. The number of amides is 1. The Labute approximate surface area is 271 Å². The number of ether oxygens (including phenoxy) is 2. The highest BCUT2D eigenvalue weighted by Gasteiger charge is 2.32. The SMILES string of the molecule is COc1cc(/C=c2\sc3n(c2=O)[C@@H](c2ccccc2)C(C(=O)Nc2ccccc2)=C(C)N=3)ccc1OCc1c(C)cc(C)cc1C. The van der Waals surface area contributed by atoms with Crippen molar-refractivity contribution in [3.8, 4) is 11.5 Å². The van der Waals surface area contributed by atoms with E-state index in [9.17, 15) is 9.59 Å². The van der Waals surface area contributed by atoms with Gasteiger partial charge in [0.05, 0.1) is 29.0 Å². The molecule has 0 bridgehead atoms. The Hall–Kier alpha value is -5.21. The molecule has 0 saturated carbocycles. The number of para-hydroxylation sites is 1. The molecule has 46 heavy (non-hydrogen) atoms. The van der Waals surface area contributed by atoms with Crippen LogP contribution in [0.1, 0.15) is 46.3 Å². The van der Waals surface area contributed by atoms with Gasteiger partial charge in [0.25, 0.3) is 11.5 Å². The number of fused-ring (bicyclic) bond motifs is 1. The molecule has 2 heterocycles. The Kier molecular flexibility index (Phi) is 8.72. The molecule has 1 amide bonds. The lowest BCUT2D eigenvalue weighted by molar-refractivity contribution is -0.113. The van der Waals surface area contributed by atoms with Gasteiger partial charge in [0.15, 0.2) is 16.3 Å². The molecular weight excluding hydrogens is 595 g/mol. The Bertz CT molecular complexity index is 2120. The summed E-state index contributed by atoms with van der Waals surface area (Å²) in [7, 11) is 1.60. The lowest BCUT2D eigenvalue weighted by atomic mass is 9.95. The Balaban J connectivity index is 1.36. The monoisotopic (exact) mass is 629 g/mol. The average Bonchev–Trinajstić information content (AvgIpc) is 3.34. The van der Waals surface area contributed by atoms with E-state index in [4.69, 9.17) is 14.5 Å². The van der Waals surface area contributed by atoms with Gasteiger partial charge in [-0.25, -0.2) is 4.99 Å². The number of hydrogen-bond acceptors (Lipinski definition) is 6. The number of benzene rings is 4. The summed E-state index contributed by atoms with van der Waals surface area (Å²) in [5.41, 5.74) is 7.80. The van der Waals surface area contributed by atoms with Crippen LogP contribution in [0.3, 0.4) is 0 Å². The molecule has 0 fully saturated rings. The first kappa shape index (κ1) is 30.8. The van der Waals surface area contributed by atoms with Crippen molar-refractivity contribution < 1.29 is 14.3 Å². The van der Waals surface area contributed by atoms with Gasteiger partial charge in [0, 0.05) is 5.69 Å². The predicted molar refractivity (Wildman–Crippen MR) is 183 cm³/mol. The molecule has 1 aliphatic heterocycles. The number of nitrogens with zero attached hydrogens (tertiary/aromatic N) is 2. The minimum atomic E-state index is -0.637. The van der Waals surface area contributed by atoms with Crippen molar-refractivity contribution in [1.82, 2.24) is 4.57 Å². The van der Waals surface area contributed by atoms with Crippen LogP contribution < -0.4 is 29.7 Å². The number of nitrogens with one attached hydrogen (secondary N) is 1. The third kappa shape index (κ3) is 6.17. The smallest absolute Gasteiger partial charge is 0.271 e. The zero-order chi connectivity index (χ0) is 32.4. The topological polar surface area (TPSA) is 81.9 Å². The fraction of sp³-hybridized carbons (Fsp3) is 0.184. The average molecular weight is 630 g/mol. The molecule has 232 valence electrons. The van der Waals surface area contributed by atoms with E-state index in [2.05, 4.69) is 38.2 Å². The largest absolute Gasteiger partial charge is 0.493 e. The van der Waals surface area contributed by atoms with Gasteiger partial charge >= 0.3 is 0 Å². The van der Waals surface area contributed by atoms with Crippen LogP contribution in [-0.2, 0) is 11.4 Å². The Morgan fingerprint density at radius 3 is 2.26 bits per heavy atom. The molecule has 1 aliphatic rings. The van der Waals surface area contributed by atoms with Crippen molar-refractivity contribution in [3.63, 3.8) is 0 Å². The maximum Gasteiger partial charge on any atom is 0.271 e. The third-order valence-corrected chi connectivity index (χ3v) is 9.09. The zero-order valence-electron chi connectivity index (χ0n) is 26.5. The van der Waals surface area contributed by atoms with Crippen molar-refractivity contribution >= 4 is 29.0 Å². The number of aromatic nitrogens is 1. The first-order chi connectivity index (χ1) is 22.2. The van der Waals surface area contributed by atoms with Crippen molar-refractivity contribution in [2.24, 2.45) is 4.99 Å². The number of anilines is 1. The highest BCUT2D eigenvalue weighted by Crippen LogP contribution is 2.32. The van der Waals surface area contributed by atoms with Crippen LogP contribution in [-0.4, -0.2) is 17.6 Å². The molecule has 0 saturated heterocycles. The normalized spacial score (nSPS) is 14.5. The van der Waals surface area contributed by atoms with Crippen LogP contribution in [0.15, 0.2) is 112 Å². The zero-order valence-corrected chi connectivity index (χ0v) is 27.3. The van der Waals surface area contributed by atoms with Crippen LogP contribution in [0.2, 0.25) is 0 Å². The number of methoxy groups -OCH3 is 1. The second-order valence-corrected chi connectivity index (χ2v) is 12.4. The first-order valence-electron chi connectivity index (χ1n) is 15.0. The molecule has 1 atom stereocenters. The van der Waals surface area contributed by atoms with Crippen molar-refractivity contribution in [3.05, 3.63) is 155 Å². The minimum absolute atomic E-state index is 0.222. The molecule has 4 aromatic carbocycles. The van der Waals surface area contributed by atoms with E-state index < -0.39 is 6.04 Å². The number of thiazole rings is 1. The molecule has 6 rings (SSSR count). The third-order valence-electron chi connectivity index (χ3n) is 8.11. The summed E-state index contributed by atoms with van der Waals surface area (Å²) in [6.07, 6.45) is 1.83. The van der Waals surface area contributed by atoms with Gasteiger partial charge in [-0.15, -0.1) is 0 Å². The summed E-state index contributed by atoms with van der Waals surface area (Å²) in [5.74, 6) is 0.892. The molecule has 0 spiro atoms. The summed E-state index contributed by atoms with van der Waals surface area (Å²) >= 11 is 1.30. The van der Waals surface area contributed by atoms with Gasteiger partial charge in [0.2, 0.25) is 0 Å². The second kappa shape index (κ2) is 13.0. The summed E-state index contributed by atoms with van der Waals surface area (Å²) in [6.45, 7) is 8.52. The van der Waals surface area contributed by atoms with Crippen molar-refractivity contribution in [2.45, 2.75) is 40.3 Å². The lowest BCUT2D eigenvalue weighted by Crippen LogP contribution is -2.40. The number of hydrogen-bond donors (Lipinski definition) is 1. The molecule has 1 N–H and O–H groups in total. The standard InChI is InChI=1S/C38H35N3O4S/c1-23-18-24(2)30(25(3)19-23)22-45-31-17-16-27(20-32(31)44-5)21-33-37(43)41-35(28-12-8-6-9-13-28)34(26(4)39-38(41)46-33)36(42)40-29-14-10-7-11-15-29/h6-21,35H,22H2,1-5H3,(H,40,42)/b33-21-/t35-/m0/s1. The van der Waals surface area contributed by atoms with Gasteiger partial charge in [-0.05, 0) is 85.9 Å². The minimum Gasteiger partial charge on any atom is -0.493 e. The Morgan fingerprint density at radius 1 is 0.913 bits per heavy atom.